The maximum absolute atomic E-state index is 13.7. The molecule has 0 spiro atoms. The normalized spacial score (nSPS) is 17.4. The Balaban J connectivity index is 1.74. The third kappa shape index (κ3) is 3.52. The topological polar surface area (TPSA) is 67.2 Å². The molecule has 1 fully saturated rings. The zero-order valence-electron chi connectivity index (χ0n) is 13.7. The maximum Gasteiger partial charge on any atom is 0.293 e. The van der Waals surface area contributed by atoms with Crippen molar-refractivity contribution >= 4 is 11.7 Å². The fourth-order valence-corrected chi connectivity index (χ4v) is 2.93. The summed E-state index contributed by atoms with van der Waals surface area (Å²) in [6.07, 6.45) is 4.55. The first kappa shape index (κ1) is 17.1. The van der Waals surface area contributed by atoms with Crippen LogP contribution in [0.4, 0.5) is 14.6 Å². The lowest BCUT2D eigenvalue weighted by atomic mass is 10.0. The average Bonchev–Trinajstić information content (AvgIpc) is 2.60. The number of hydrogen-bond acceptors (Lipinski definition) is 4. The van der Waals surface area contributed by atoms with Crippen LogP contribution in [0.1, 0.15) is 23.2 Å². The van der Waals surface area contributed by atoms with Gasteiger partial charge in [-0.1, -0.05) is 6.07 Å². The number of carbonyl (C=O) groups excluding carboxylic acids is 1. The number of hydrogen-bond donors (Lipinski definition) is 1. The highest BCUT2D eigenvalue weighted by Gasteiger charge is 2.25. The van der Waals surface area contributed by atoms with Crippen LogP contribution in [0.5, 0.6) is 0 Å². The Bertz CT molecular complexity index is 853. The quantitative estimate of drug-likeness (QED) is 0.912. The molecule has 1 saturated heterocycles. The third-order valence-electron chi connectivity index (χ3n) is 4.25. The fourth-order valence-electron chi connectivity index (χ4n) is 2.93. The molecule has 1 atom stereocenters. The number of piperidine rings is 1. The summed E-state index contributed by atoms with van der Waals surface area (Å²) in [5, 5.41) is 2.71. The summed E-state index contributed by atoms with van der Waals surface area (Å²) < 4.78 is 28.5. The van der Waals surface area contributed by atoms with Gasteiger partial charge in [-0.3, -0.25) is 9.59 Å². The lowest BCUT2D eigenvalue weighted by Crippen LogP contribution is -2.49. The Hall–Kier alpha value is -2.77. The van der Waals surface area contributed by atoms with Crippen LogP contribution >= 0.6 is 0 Å². The van der Waals surface area contributed by atoms with Crippen LogP contribution in [0.15, 0.2) is 35.4 Å². The van der Waals surface area contributed by atoms with Gasteiger partial charge >= 0.3 is 0 Å². The van der Waals surface area contributed by atoms with Gasteiger partial charge in [-0.15, -0.1) is 0 Å². The predicted octanol–water partition coefficient (Wildman–Crippen LogP) is 1.46. The van der Waals surface area contributed by atoms with Crippen molar-refractivity contribution in [1.82, 2.24) is 14.9 Å². The van der Waals surface area contributed by atoms with Gasteiger partial charge in [0.25, 0.3) is 11.5 Å². The van der Waals surface area contributed by atoms with E-state index in [2.05, 4.69) is 10.3 Å². The molecule has 25 heavy (non-hydrogen) atoms. The Morgan fingerprint density at radius 2 is 2.16 bits per heavy atom. The molecule has 0 unspecified atom stereocenters. The van der Waals surface area contributed by atoms with E-state index in [4.69, 9.17) is 0 Å². The number of halogens is 2. The summed E-state index contributed by atoms with van der Waals surface area (Å²) >= 11 is 0. The number of aromatic nitrogens is 2. The van der Waals surface area contributed by atoms with Crippen LogP contribution in [-0.2, 0) is 7.05 Å². The average molecular weight is 348 g/mol. The lowest BCUT2D eigenvalue weighted by Gasteiger charge is -2.33. The standard InChI is InChI=1S/C17H18F2N4O2/c1-22-9-7-20-15(17(22)25)23-8-3-4-11(10-23)21-16(24)12-5-2-6-13(18)14(12)19/h2,5-7,9,11H,3-4,8,10H2,1H3,(H,21,24)/t11-/m0/s1. The summed E-state index contributed by atoms with van der Waals surface area (Å²) in [6, 6.07) is 3.21. The summed E-state index contributed by atoms with van der Waals surface area (Å²) in [7, 11) is 1.64. The molecule has 0 saturated carbocycles. The van der Waals surface area contributed by atoms with E-state index >= 15 is 0 Å². The van der Waals surface area contributed by atoms with Crippen molar-refractivity contribution in [1.29, 1.82) is 0 Å². The summed E-state index contributed by atoms with van der Waals surface area (Å²) in [6.45, 7) is 1.03. The molecule has 6 nitrogen and oxygen atoms in total. The van der Waals surface area contributed by atoms with Gasteiger partial charge in [-0.05, 0) is 25.0 Å². The Labute approximate surface area is 143 Å². The van der Waals surface area contributed by atoms with Gasteiger partial charge in [0.1, 0.15) is 0 Å². The van der Waals surface area contributed by atoms with E-state index in [9.17, 15) is 18.4 Å². The minimum Gasteiger partial charge on any atom is -0.350 e. The minimum atomic E-state index is -1.16. The van der Waals surface area contributed by atoms with E-state index in [0.717, 1.165) is 12.5 Å². The molecule has 0 radical (unpaired) electrons. The number of anilines is 1. The fraction of sp³-hybridized carbons (Fsp3) is 0.353. The zero-order chi connectivity index (χ0) is 18.0. The van der Waals surface area contributed by atoms with Gasteiger partial charge in [-0.2, -0.15) is 0 Å². The minimum absolute atomic E-state index is 0.217. The van der Waals surface area contributed by atoms with Crippen molar-refractivity contribution in [3.63, 3.8) is 0 Å². The molecule has 1 aromatic carbocycles. The van der Waals surface area contributed by atoms with Crippen molar-refractivity contribution in [2.45, 2.75) is 18.9 Å². The molecule has 0 aliphatic carbocycles. The first-order valence-corrected chi connectivity index (χ1v) is 7.99. The molecule has 8 heteroatoms. The highest BCUT2D eigenvalue weighted by molar-refractivity contribution is 5.94. The lowest BCUT2D eigenvalue weighted by molar-refractivity contribution is 0.0928. The molecule has 1 aromatic heterocycles. The molecule has 3 rings (SSSR count). The van der Waals surface area contributed by atoms with E-state index in [1.54, 1.807) is 24.3 Å². The van der Waals surface area contributed by atoms with Crippen LogP contribution in [0.2, 0.25) is 0 Å². The Morgan fingerprint density at radius 1 is 1.36 bits per heavy atom. The van der Waals surface area contributed by atoms with E-state index in [1.807, 2.05) is 0 Å². The van der Waals surface area contributed by atoms with Crippen molar-refractivity contribution in [2.75, 3.05) is 18.0 Å². The number of nitrogens with zero attached hydrogens (tertiary/aromatic N) is 3. The second kappa shape index (κ2) is 7.00. The van der Waals surface area contributed by atoms with Crippen molar-refractivity contribution in [2.24, 2.45) is 7.05 Å². The Morgan fingerprint density at radius 3 is 2.96 bits per heavy atom. The van der Waals surface area contributed by atoms with Crippen molar-refractivity contribution < 1.29 is 13.6 Å². The second-order valence-corrected chi connectivity index (χ2v) is 6.03. The van der Waals surface area contributed by atoms with E-state index in [0.29, 0.717) is 25.3 Å². The van der Waals surface area contributed by atoms with E-state index in [-0.39, 0.29) is 17.2 Å². The number of nitrogens with one attached hydrogen (secondary N) is 1. The number of carbonyl (C=O) groups is 1. The highest BCUT2D eigenvalue weighted by atomic mass is 19.2. The van der Waals surface area contributed by atoms with Gasteiger partial charge in [0.2, 0.25) is 0 Å². The largest absolute Gasteiger partial charge is 0.350 e. The van der Waals surface area contributed by atoms with E-state index in [1.165, 1.54) is 16.7 Å². The number of rotatable bonds is 3. The van der Waals surface area contributed by atoms with Crippen LogP contribution in [-0.4, -0.2) is 34.6 Å². The van der Waals surface area contributed by atoms with Gasteiger partial charge in [0.15, 0.2) is 17.5 Å². The molecule has 1 aliphatic rings. The van der Waals surface area contributed by atoms with E-state index < -0.39 is 17.5 Å². The van der Waals surface area contributed by atoms with Crippen LogP contribution in [0, 0.1) is 11.6 Å². The molecule has 2 aromatic rings. The molecular weight excluding hydrogens is 330 g/mol. The highest BCUT2D eigenvalue weighted by Crippen LogP contribution is 2.16. The molecule has 1 amide bonds. The molecule has 1 N–H and O–H groups in total. The molecular formula is C17H18F2N4O2. The number of aryl methyl sites for hydroxylation is 1. The zero-order valence-corrected chi connectivity index (χ0v) is 13.7. The molecule has 132 valence electrons. The predicted molar refractivity (Wildman–Crippen MR) is 88.5 cm³/mol. The smallest absolute Gasteiger partial charge is 0.293 e. The summed E-state index contributed by atoms with van der Waals surface area (Å²) in [4.78, 5) is 30.3. The van der Waals surface area contributed by atoms with Gasteiger partial charge in [0.05, 0.1) is 5.56 Å². The van der Waals surface area contributed by atoms with Gasteiger partial charge < -0.3 is 14.8 Å². The van der Waals surface area contributed by atoms with Crippen LogP contribution < -0.4 is 15.8 Å². The first-order valence-electron chi connectivity index (χ1n) is 7.99. The molecule has 2 heterocycles. The summed E-state index contributed by atoms with van der Waals surface area (Å²) in [5.41, 5.74) is -0.545. The number of benzene rings is 1. The first-order chi connectivity index (χ1) is 12.0. The van der Waals surface area contributed by atoms with Crippen molar-refractivity contribution in [3.05, 3.63) is 58.1 Å². The maximum atomic E-state index is 13.7. The SMILES string of the molecule is Cn1ccnc(N2CCC[C@H](NC(=O)c3cccc(F)c3F)C2)c1=O. The second-order valence-electron chi connectivity index (χ2n) is 6.03. The summed E-state index contributed by atoms with van der Waals surface area (Å²) in [5.74, 6) is -2.57. The van der Waals surface area contributed by atoms with Gasteiger partial charge in [-0.25, -0.2) is 13.8 Å². The third-order valence-corrected chi connectivity index (χ3v) is 4.25. The molecule has 0 bridgehead atoms. The van der Waals surface area contributed by atoms with Crippen LogP contribution in [0.25, 0.3) is 0 Å². The Kier molecular flexibility index (Phi) is 4.78. The molecule has 1 aliphatic heterocycles. The number of amides is 1. The van der Waals surface area contributed by atoms with Gasteiger partial charge in [0, 0.05) is 38.6 Å². The van der Waals surface area contributed by atoms with Crippen LogP contribution in [0.3, 0.4) is 0 Å². The van der Waals surface area contributed by atoms with Crippen molar-refractivity contribution in [3.8, 4) is 0 Å². The monoisotopic (exact) mass is 348 g/mol.